The Labute approximate surface area is 121 Å². The first-order chi connectivity index (χ1) is 8.95. The van der Waals surface area contributed by atoms with E-state index in [1.807, 2.05) is 48.9 Å². The molecule has 1 aromatic heterocycles. The molecule has 4 nitrogen and oxygen atoms in total. The molecule has 0 aliphatic rings. The Morgan fingerprint density at radius 1 is 1.42 bits per heavy atom. The van der Waals surface area contributed by atoms with Crippen molar-refractivity contribution in [3.63, 3.8) is 0 Å². The molecular formula is C14H19BrN2O2. The Kier molecular flexibility index (Phi) is 4.18. The van der Waals surface area contributed by atoms with E-state index in [0.717, 1.165) is 26.7 Å². The summed E-state index contributed by atoms with van der Waals surface area (Å²) in [4.78, 5) is 1.97. The Hall–Kier alpha value is -1.04. The fourth-order valence-corrected chi connectivity index (χ4v) is 2.99. The molecule has 0 saturated heterocycles. The second kappa shape index (κ2) is 5.53. The Morgan fingerprint density at radius 3 is 2.68 bits per heavy atom. The van der Waals surface area contributed by atoms with Gasteiger partial charge in [0.15, 0.2) is 0 Å². The van der Waals surface area contributed by atoms with Gasteiger partial charge in [-0.05, 0) is 42.2 Å². The van der Waals surface area contributed by atoms with Crippen LogP contribution in [0.1, 0.15) is 11.7 Å². The molecule has 0 aliphatic carbocycles. The third kappa shape index (κ3) is 2.63. The molecule has 0 radical (unpaired) electrons. The fraction of sp³-hybridized carbons (Fsp3) is 0.429. The number of halogens is 1. The number of methoxy groups -OCH3 is 1. The van der Waals surface area contributed by atoms with Gasteiger partial charge in [-0.1, -0.05) is 0 Å². The first-order valence-electron chi connectivity index (χ1n) is 6.10. The summed E-state index contributed by atoms with van der Waals surface area (Å²) in [5.41, 5.74) is 1.93. The van der Waals surface area contributed by atoms with Crippen molar-refractivity contribution in [3.05, 3.63) is 28.4 Å². The predicted molar refractivity (Wildman–Crippen MR) is 80.7 cm³/mol. The predicted octanol–water partition coefficient (Wildman–Crippen LogP) is 2.54. The van der Waals surface area contributed by atoms with Crippen LogP contribution in [0.15, 0.2) is 22.8 Å². The van der Waals surface area contributed by atoms with Gasteiger partial charge in [-0.2, -0.15) is 0 Å². The third-order valence-electron chi connectivity index (χ3n) is 3.18. The van der Waals surface area contributed by atoms with Gasteiger partial charge in [0.1, 0.15) is 5.75 Å². The summed E-state index contributed by atoms with van der Waals surface area (Å²) >= 11 is 3.56. The molecule has 19 heavy (non-hydrogen) atoms. The molecule has 0 bridgehead atoms. The average Bonchev–Trinajstić information content (AvgIpc) is 2.68. The standard InChI is InChI=1S/C14H19BrN2O2/c1-16(2)8-11(18)9-7-17(3)14-10(15)5-6-12(19-4)13(9)14/h5-7,11,18H,8H2,1-4H3. The van der Waals surface area contributed by atoms with Crippen LogP contribution in [-0.4, -0.2) is 42.3 Å². The smallest absolute Gasteiger partial charge is 0.128 e. The largest absolute Gasteiger partial charge is 0.496 e. The lowest BCUT2D eigenvalue weighted by Gasteiger charge is -2.16. The van der Waals surface area contributed by atoms with Crippen molar-refractivity contribution in [1.29, 1.82) is 0 Å². The van der Waals surface area contributed by atoms with Crippen molar-refractivity contribution in [2.24, 2.45) is 7.05 Å². The third-order valence-corrected chi connectivity index (χ3v) is 3.82. The molecule has 1 atom stereocenters. The number of likely N-dealkylation sites (N-methyl/N-ethyl adjacent to an activating group) is 1. The minimum atomic E-state index is -0.540. The van der Waals surface area contributed by atoms with Gasteiger partial charge in [-0.15, -0.1) is 0 Å². The Balaban J connectivity index is 2.65. The molecule has 1 N–H and O–H groups in total. The summed E-state index contributed by atoms with van der Waals surface area (Å²) < 4.78 is 8.44. The van der Waals surface area contributed by atoms with Crippen LogP contribution >= 0.6 is 15.9 Å². The second-order valence-corrected chi connectivity index (χ2v) is 5.80. The zero-order chi connectivity index (χ0) is 14.2. The number of aromatic nitrogens is 1. The fourth-order valence-electron chi connectivity index (χ4n) is 2.38. The molecule has 0 aliphatic heterocycles. The SMILES string of the molecule is COc1ccc(Br)c2c1c(C(O)CN(C)C)cn2C. The molecule has 0 saturated carbocycles. The minimum Gasteiger partial charge on any atom is -0.496 e. The number of nitrogens with zero attached hydrogens (tertiary/aromatic N) is 2. The molecule has 0 spiro atoms. The van der Waals surface area contributed by atoms with Crippen molar-refractivity contribution >= 4 is 26.8 Å². The quantitative estimate of drug-likeness (QED) is 0.938. The van der Waals surface area contributed by atoms with Crippen LogP contribution in [-0.2, 0) is 7.05 Å². The van der Waals surface area contributed by atoms with E-state index in [0.29, 0.717) is 6.54 Å². The van der Waals surface area contributed by atoms with Gasteiger partial charge in [-0.3, -0.25) is 0 Å². The lowest BCUT2D eigenvalue weighted by atomic mass is 10.1. The number of fused-ring (bicyclic) bond motifs is 1. The molecule has 2 rings (SSSR count). The van der Waals surface area contributed by atoms with Gasteiger partial charge < -0.3 is 19.3 Å². The van der Waals surface area contributed by atoms with Crippen molar-refractivity contribution < 1.29 is 9.84 Å². The normalized spacial score (nSPS) is 13.2. The molecule has 1 aromatic carbocycles. The highest BCUT2D eigenvalue weighted by Crippen LogP contribution is 2.37. The van der Waals surface area contributed by atoms with Crippen molar-refractivity contribution in [2.45, 2.75) is 6.10 Å². The van der Waals surface area contributed by atoms with E-state index in [2.05, 4.69) is 15.9 Å². The van der Waals surface area contributed by atoms with Gasteiger partial charge in [0.05, 0.1) is 18.7 Å². The first-order valence-corrected chi connectivity index (χ1v) is 6.89. The van der Waals surface area contributed by atoms with Crippen LogP contribution < -0.4 is 4.74 Å². The highest BCUT2D eigenvalue weighted by Gasteiger charge is 2.20. The van der Waals surface area contributed by atoms with Crippen LogP contribution in [0.4, 0.5) is 0 Å². The second-order valence-electron chi connectivity index (χ2n) is 4.95. The maximum atomic E-state index is 10.4. The Morgan fingerprint density at radius 2 is 2.11 bits per heavy atom. The zero-order valence-electron chi connectivity index (χ0n) is 11.6. The number of aliphatic hydroxyl groups excluding tert-OH is 1. The first kappa shape index (κ1) is 14.4. The van der Waals surface area contributed by atoms with Gasteiger partial charge in [0, 0.05) is 35.2 Å². The highest BCUT2D eigenvalue weighted by atomic mass is 79.9. The molecule has 2 aromatic rings. The average molecular weight is 327 g/mol. The van der Waals surface area contributed by atoms with Crippen molar-refractivity contribution in [2.75, 3.05) is 27.7 Å². The molecular weight excluding hydrogens is 308 g/mol. The summed E-state index contributed by atoms with van der Waals surface area (Å²) in [7, 11) is 7.51. The Bertz CT molecular complexity index is 593. The topological polar surface area (TPSA) is 37.6 Å². The van der Waals surface area contributed by atoms with E-state index < -0.39 is 6.10 Å². The number of hydrogen-bond donors (Lipinski definition) is 1. The van der Waals surface area contributed by atoms with Crippen LogP contribution in [0.2, 0.25) is 0 Å². The number of rotatable bonds is 4. The molecule has 1 heterocycles. The molecule has 5 heteroatoms. The maximum absolute atomic E-state index is 10.4. The van der Waals surface area contributed by atoms with Crippen molar-refractivity contribution in [1.82, 2.24) is 9.47 Å². The molecule has 0 fully saturated rings. The highest BCUT2D eigenvalue weighted by molar-refractivity contribution is 9.10. The number of aryl methyl sites for hydroxylation is 1. The van der Waals surface area contributed by atoms with E-state index >= 15 is 0 Å². The van der Waals surface area contributed by atoms with Crippen LogP contribution in [0.3, 0.4) is 0 Å². The summed E-state index contributed by atoms with van der Waals surface area (Å²) in [5.74, 6) is 0.784. The minimum absolute atomic E-state index is 0.540. The number of hydrogen-bond acceptors (Lipinski definition) is 3. The van der Waals surface area contributed by atoms with Gasteiger partial charge >= 0.3 is 0 Å². The summed E-state index contributed by atoms with van der Waals surface area (Å²) in [5, 5.41) is 11.4. The van der Waals surface area contributed by atoms with E-state index in [-0.39, 0.29) is 0 Å². The molecule has 1 unspecified atom stereocenters. The summed E-state index contributed by atoms with van der Waals surface area (Å²) in [6, 6.07) is 3.88. The maximum Gasteiger partial charge on any atom is 0.128 e. The van der Waals surface area contributed by atoms with Crippen LogP contribution in [0, 0.1) is 0 Å². The zero-order valence-corrected chi connectivity index (χ0v) is 13.2. The van der Waals surface area contributed by atoms with Gasteiger partial charge in [-0.25, -0.2) is 0 Å². The lowest BCUT2D eigenvalue weighted by molar-refractivity contribution is 0.139. The van der Waals surface area contributed by atoms with E-state index in [1.165, 1.54) is 0 Å². The van der Waals surface area contributed by atoms with E-state index in [4.69, 9.17) is 4.74 Å². The van der Waals surface area contributed by atoms with Gasteiger partial charge in [0.2, 0.25) is 0 Å². The summed E-state index contributed by atoms with van der Waals surface area (Å²) in [6.45, 7) is 0.578. The summed E-state index contributed by atoms with van der Waals surface area (Å²) in [6.07, 6.45) is 1.42. The molecule has 104 valence electrons. The van der Waals surface area contributed by atoms with Gasteiger partial charge in [0.25, 0.3) is 0 Å². The number of ether oxygens (including phenoxy) is 1. The number of benzene rings is 1. The number of aliphatic hydroxyl groups is 1. The molecule has 0 amide bonds. The van der Waals surface area contributed by atoms with Crippen LogP contribution in [0.25, 0.3) is 10.9 Å². The van der Waals surface area contributed by atoms with Crippen LogP contribution in [0.5, 0.6) is 5.75 Å². The van der Waals surface area contributed by atoms with E-state index in [1.54, 1.807) is 7.11 Å². The van der Waals surface area contributed by atoms with Crippen molar-refractivity contribution in [3.8, 4) is 5.75 Å². The monoisotopic (exact) mass is 326 g/mol. The lowest BCUT2D eigenvalue weighted by Crippen LogP contribution is -2.19. The van der Waals surface area contributed by atoms with E-state index in [9.17, 15) is 5.11 Å².